The van der Waals surface area contributed by atoms with Crippen molar-refractivity contribution in [3.63, 3.8) is 0 Å². The van der Waals surface area contributed by atoms with Crippen LogP contribution in [0.3, 0.4) is 0 Å². The average molecular weight is 286 g/mol. The van der Waals surface area contributed by atoms with Crippen molar-refractivity contribution >= 4 is 15.9 Å². The van der Waals surface area contributed by atoms with E-state index < -0.39 is 0 Å². The van der Waals surface area contributed by atoms with Crippen molar-refractivity contribution in [3.05, 3.63) is 15.9 Å². The molecule has 0 radical (unpaired) electrons. The van der Waals surface area contributed by atoms with Crippen LogP contribution in [0.2, 0.25) is 0 Å². The van der Waals surface area contributed by atoms with Crippen molar-refractivity contribution in [2.75, 3.05) is 6.54 Å². The van der Waals surface area contributed by atoms with Crippen LogP contribution in [-0.2, 0) is 13.6 Å². The van der Waals surface area contributed by atoms with Gasteiger partial charge < -0.3 is 5.32 Å². The van der Waals surface area contributed by atoms with E-state index in [9.17, 15) is 0 Å². The van der Waals surface area contributed by atoms with Crippen LogP contribution in [0.4, 0.5) is 0 Å². The van der Waals surface area contributed by atoms with Gasteiger partial charge in [-0.1, -0.05) is 19.3 Å². The van der Waals surface area contributed by atoms with E-state index in [1.165, 1.54) is 31.4 Å². The van der Waals surface area contributed by atoms with Gasteiger partial charge in [0.15, 0.2) is 0 Å². The zero-order valence-corrected chi connectivity index (χ0v) is 11.7. The number of rotatable bonds is 5. The lowest BCUT2D eigenvalue weighted by molar-refractivity contribution is 0.291. The first-order valence-corrected chi connectivity index (χ1v) is 6.86. The molecule has 1 aromatic rings. The average Bonchev–Trinajstić information content (AvgIpc) is 2.41. The standard InChI is InChI=1S/C12H20BrN3/c1-9-12(13)11(16(2)15-9)8-14-7-6-10-4-3-5-10/h10,14H,3-8H2,1-2H3. The summed E-state index contributed by atoms with van der Waals surface area (Å²) in [7, 11) is 2.00. The highest BCUT2D eigenvalue weighted by atomic mass is 79.9. The molecule has 0 atom stereocenters. The van der Waals surface area contributed by atoms with Gasteiger partial charge in [-0.15, -0.1) is 0 Å². The second-order valence-corrected chi connectivity index (χ2v) is 5.53. The summed E-state index contributed by atoms with van der Waals surface area (Å²) in [6.45, 7) is 4.06. The fourth-order valence-electron chi connectivity index (χ4n) is 2.17. The third kappa shape index (κ3) is 2.66. The fraction of sp³-hybridized carbons (Fsp3) is 0.750. The van der Waals surface area contributed by atoms with Gasteiger partial charge in [0, 0.05) is 13.6 Å². The molecule has 1 saturated carbocycles. The Hall–Kier alpha value is -0.350. The molecule has 3 nitrogen and oxygen atoms in total. The molecule has 0 aromatic carbocycles. The Morgan fingerprint density at radius 2 is 2.25 bits per heavy atom. The highest BCUT2D eigenvalue weighted by Gasteiger charge is 2.16. The minimum atomic E-state index is 0.907. The molecule has 0 amide bonds. The van der Waals surface area contributed by atoms with Crippen molar-refractivity contribution < 1.29 is 0 Å². The number of hydrogen-bond donors (Lipinski definition) is 1. The minimum absolute atomic E-state index is 0.907. The zero-order valence-electron chi connectivity index (χ0n) is 10.1. The van der Waals surface area contributed by atoms with Crippen LogP contribution >= 0.6 is 15.9 Å². The maximum absolute atomic E-state index is 4.38. The molecular weight excluding hydrogens is 266 g/mol. The summed E-state index contributed by atoms with van der Waals surface area (Å²) < 4.78 is 3.10. The van der Waals surface area contributed by atoms with Gasteiger partial charge in [-0.25, -0.2) is 0 Å². The number of aromatic nitrogens is 2. The van der Waals surface area contributed by atoms with Crippen LogP contribution in [0, 0.1) is 12.8 Å². The summed E-state index contributed by atoms with van der Waals surface area (Å²) in [5, 5.41) is 7.89. The molecule has 90 valence electrons. The Morgan fingerprint density at radius 3 is 2.75 bits per heavy atom. The number of aryl methyl sites for hydroxylation is 2. The van der Waals surface area contributed by atoms with Crippen LogP contribution < -0.4 is 5.32 Å². The zero-order chi connectivity index (χ0) is 11.5. The number of nitrogens with zero attached hydrogens (tertiary/aromatic N) is 2. The van der Waals surface area contributed by atoms with Gasteiger partial charge in [0.1, 0.15) is 0 Å². The number of hydrogen-bond acceptors (Lipinski definition) is 2. The predicted molar refractivity (Wildman–Crippen MR) is 69.3 cm³/mol. The van der Waals surface area contributed by atoms with Gasteiger partial charge >= 0.3 is 0 Å². The molecule has 0 aliphatic heterocycles. The molecule has 1 aromatic heterocycles. The second-order valence-electron chi connectivity index (χ2n) is 4.73. The Bertz CT molecular complexity index is 355. The molecule has 1 aliphatic carbocycles. The molecule has 1 heterocycles. The Morgan fingerprint density at radius 1 is 1.50 bits per heavy atom. The van der Waals surface area contributed by atoms with E-state index in [1.54, 1.807) is 0 Å². The first-order chi connectivity index (χ1) is 7.68. The maximum Gasteiger partial charge on any atom is 0.0739 e. The van der Waals surface area contributed by atoms with Crippen molar-refractivity contribution in [2.45, 2.75) is 39.2 Å². The lowest BCUT2D eigenvalue weighted by Crippen LogP contribution is -2.22. The Balaban J connectivity index is 1.75. The maximum atomic E-state index is 4.38. The van der Waals surface area contributed by atoms with Gasteiger partial charge in [0.05, 0.1) is 15.9 Å². The molecule has 2 rings (SSSR count). The summed E-state index contributed by atoms with van der Waals surface area (Å²) >= 11 is 3.58. The lowest BCUT2D eigenvalue weighted by Gasteiger charge is -2.25. The van der Waals surface area contributed by atoms with Crippen LogP contribution in [-0.4, -0.2) is 16.3 Å². The van der Waals surface area contributed by atoms with Gasteiger partial charge in [-0.3, -0.25) is 4.68 Å². The minimum Gasteiger partial charge on any atom is -0.311 e. The molecule has 0 bridgehead atoms. The van der Waals surface area contributed by atoms with E-state index in [-0.39, 0.29) is 0 Å². The normalized spacial score (nSPS) is 16.4. The monoisotopic (exact) mass is 285 g/mol. The van der Waals surface area contributed by atoms with E-state index in [1.807, 2.05) is 18.7 Å². The molecule has 1 N–H and O–H groups in total. The number of nitrogens with one attached hydrogen (secondary N) is 1. The van der Waals surface area contributed by atoms with Gasteiger partial charge in [-0.2, -0.15) is 5.10 Å². The SMILES string of the molecule is Cc1nn(C)c(CNCCC2CCC2)c1Br. The van der Waals surface area contributed by atoms with Crippen LogP contribution in [0.1, 0.15) is 37.1 Å². The molecule has 1 aliphatic rings. The van der Waals surface area contributed by atoms with E-state index >= 15 is 0 Å². The third-order valence-corrected chi connectivity index (χ3v) is 4.54. The van der Waals surface area contributed by atoms with Crippen molar-refractivity contribution in [1.82, 2.24) is 15.1 Å². The Labute approximate surface area is 106 Å². The smallest absolute Gasteiger partial charge is 0.0739 e. The molecule has 4 heteroatoms. The molecule has 0 unspecified atom stereocenters. The summed E-state index contributed by atoms with van der Waals surface area (Å²) in [5.41, 5.74) is 2.31. The lowest BCUT2D eigenvalue weighted by atomic mass is 9.83. The van der Waals surface area contributed by atoms with E-state index in [2.05, 4.69) is 26.3 Å². The van der Waals surface area contributed by atoms with Crippen molar-refractivity contribution in [3.8, 4) is 0 Å². The summed E-state index contributed by atoms with van der Waals surface area (Å²) in [6.07, 6.45) is 5.65. The van der Waals surface area contributed by atoms with E-state index in [4.69, 9.17) is 0 Å². The van der Waals surface area contributed by atoms with Crippen LogP contribution in [0.25, 0.3) is 0 Å². The first-order valence-electron chi connectivity index (χ1n) is 6.07. The molecular formula is C12H20BrN3. The molecule has 16 heavy (non-hydrogen) atoms. The van der Waals surface area contributed by atoms with Crippen LogP contribution in [0.15, 0.2) is 4.47 Å². The summed E-state index contributed by atoms with van der Waals surface area (Å²) in [6, 6.07) is 0. The van der Waals surface area contributed by atoms with E-state index in [0.29, 0.717) is 0 Å². The topological polar surface area (TPSA) is 29.9 Å². The van der Waals surface area contributed by atoms with Crippen LogP contribution in [0.5, 0.6) is 0 Å². The summed E-state index contributed by atoms with van der Waals surface area (Å²) in [4.78, 5) is 0. The molecule has 0 spiro atoms. The highest BCUT2D eigenvalue weighted by molar-refractivity contribution is 9.10. The Kier molecular flexibility index (Phi) is 4.03. The van der Waals surface area contributed by atoms with E-state index in [0.717, 1.165) is 29.2 Å². The quantitative estimate of drug-likeness (QED) is 0.844. The van der Waals surface area contributed by atoms with Gasteiger partial charge in [0.25, 0.3) is 0 Å². The van der Waals surface area contributed by atoms with Crippen molar-refractivity contribution in [2.24, 2.45) is 13.0 Å². The first kappa shape index (κ1) is 12.1. The number of halogens is 1. The van der Waals surface area contributed by atoms with Gasteiger partial charge in [-0.05, 0) is 41.7 Å². The molecule has 1 fully saturated rings. The van der Waals surface area contributed by atoms with Crippen molar-refractivity contribution in [1.29, 1.82) is 0 Å². The second kappa shape index (κ2) is 5.32. The predicted octanol–water partition coefficient (Wildman–Crippen LogP) is 2.77. The largest absolute Gasteiger partial charge is 0.311 e. The van der Waals surface area contributed by atoms with Gasteiger partial charge in [0.2, 0.25) is 0 Å². The fourth-order valence-corrected chi connectivity index (χ4v) is 2.64. The molecule has 0 saturated heterocycles. The third-order valence-electron chi connectivity index (χ3n) is 3.51. The highest BCUT2D eigenvalue weighted by Crippen LogP contribution is 2.28. The summed E-state index contributed by atoms with van der Waals surface area (Å²) in [5.74, 6) is 0.990.